The summed E-state index contributed by atoms with van der Waals surface area (Å²) in [4.78, 5) is 0. The van der Waals surface area contributed by atoms with Crippen molar-refractivity contribution in [2.24, 2.45) is 0 Å². The summed E-state index contributed by atoms with van der Waals surface area (Å²) in [5, 5.41) is 15.3. The van der Waals surface area contributed by atoms with E-state index in [1.54, 1.807) is 0 Å². The van der Waals surface area contributed by atoms with Crippen LogP contribution in [0, 0.1) is 0 Å². The summed E-state index contributed by atoms with van der Waals surface area (Å²) in [5.41, 5.74) is 0. The molecule has 1 fully saturated rings. The number of rotatable bonds is 2. The van der Waals surface area contributed by atoms with E-state index in [-0.39, 0.29) is 11.8 Å². The molecule has 3 nitrogen and oxygen atoms in total. The molecule has 2 atom stereocenters. The highest BCUT2D eigenvalue weighted by molar-refractivity contribution is 5.01. The molecule has 1 rings (SSSR count). The van der Waals surface area contributed by atoms with Gasteiger partial charge in [-0.25, -0.2) is 0 Å². The van der Waals surface area contributed by atoms with Gasteiger partial charge in [0.15, 0.2) is 0 Å². The molecule has 1 saturated heterocycles. The molecule has 1 aliphatic heterocycles. The molecular weight excluding hydrogens is 128 g/mol. The minimum Gasteiger partial charge on any atom is -0.511 e. The lowest BCUT2D eigenvalue weighted by Gasteiger charge is -2.07. The van der Waals surface area contributed by atoms with Crippen LogP contribution in [-0.2, 0) is 0 Å². The van der Waals surface area contributed by atoms with Crippen molar-refractivity contribution in [3.8, 4) is 0 Å². The van der Waals surface area contributed by atoms with Crippen LogP contribution in [0.3, 0.4) is 0 Å². The van der Waals surface area contributed by atoms with Crippen LogP contribution in [0.4, 0.5) is 0 Å². The van der Waals surface area contributed by atoms with Crippen molar-refractivity contribution >= 4 is 0 Å². The molecule has 58 valence electrons. The van der Waals surface area contributed by atoms with Crippen LogP contribution in [-0.4, -0.2) is 30.8 Å². The molecule has 0 unspecified atom stereocenters. The van der Waals surface area contributed by atoms with Crippen molar-refractivity contribution in [3.05, 3.63) is 12.3 Å². The maximum Gasteiger partial charge on any atom is 0.102 e. The molecular formula is C7H14N2O. The quantitative estimate of drug-likeness (QED) is 0.476. The highest BCUT2D eigenvalue weighted by Gasteiger charge is 2.23. The third-order valence-electron chi connectivity index (χ3n) is 1.94. The van der Waals surface area contributed by atoms with Gasteiger partial charge in [-0.3, -0.25) is 0 Å². The largest absolute Gasteiger partial charge is 0.511 e. The normalized spacial score (nSPS) is 32.5. The average Bonchev–Trinajstić information content (AvgIpc) is 2.34. The van der Waals surface area contributed by atoms with Gasteiger partial charge in [-0.05, 0) is 13.5 Å². The van der Waals surface area contributed by atoms with Crippen LogP contribution in [0.15, 0.2) is 12.3 Å². The van der Waals surface area contributed by atoms with Crippen LogP contribution >= 0.6 is 0 Å². The maximum atomic E-state index is 8.98. The van der Waals surface area contributed by atoms with Gasteiger partial charge in [0.1, 0.15) is 5.76 Å². The minimum atomic E-state index is 0.0949. The molecule has 10 heavy (non-hydrogen) atoms. The van der Waals surface area contributed by atoms with E-state index in [1.165, 1.54) is 0 Å². The molecule has 0 aliphatic carbocycles. The third-order valence-corrected chi connectivity index (χ3v) is 1.94. The Bertz CT molecular complexity index is 136. The second-order valence-corrected chi connectivity index (χ2v) is 2.67. The Morgan fingerprint density at radius 3 is 2.80 bits per heavy atom. The lowest BCUT2D eigenvalue weighted by atomic mass is 10.1. The molecule has 1 heterocycles. The number of hydrogen-bond donors (Lipinski definition) is 3. The molecule has 0 aromatic rings. The van der Waals surface area contributed by atoms with E-state index in [0.717, 1.165) is 13.0 Å². The first-order chi connectivity index (χ1) is 4.74. The fourth-order valence-electron chi connectivity index (χ4n) is 1.21. The summed E-state index contributed by atoms with van der Waals surface area (Å²) < 4.78 is 0. The Kier molecular flexibility index (Phi) is 2.29. The predicted octanol–water partition coefficient (Wildman–Crippen LogP) is 0.00800. The summed E-state index contributed by atoms with van der Waals surface area (Å²) in [6, 6.07) is 0.575. The third kappa shape index (κ3) is 1.49. The number of aliphatic hydroxyl groups excluding tert-OH is 1. The smallest absolute Gasteiger partial charge is 0.102 e. The summed E-state index contributed by atoms with van der Waals surface area (Å²) in [6.07, 6.45) is 0.936. The fourth-order valence-corrected chi connectivity index (χ4v) is 1.21. The van der Waals surface area contributed by atoms with E-state index in [2.05, 4.69) is 17.2 Å². The molecule has 1 aliphatic rings. The second-order valence-electron chi connectivity index (χ2n) is 2.67. The lowest BCUT2D eigenvalue weighted by molar-refractivity contribution is 0.355. The summed E-state index contributed by atoms with van der Waals surface area (Å²) in [6.45, 7) is 4.39. The molecule has 3 heteroatoms. The summed E-state index contributed by atoms with van der Waals surface area (Å²) >= 11 is 0. The van der Waals surface area contributed by atoms with Crippen molar-refractivity contribution in [1.82, 2.24) is 10.6 Å². The molecule has 0 radical (unpaired) electrons. The maximum absolute atomic E-state index is 8.98. The van der Waals surface area contributed by atoms with Gasteiger partial charge >= 0.3 is 0 Å². The standard InChI is InChI=1S/C7H14N2O/c1-5(10)7-3-6(8-2)4-9-7/h6-10H,1,3-4H2,2H3/t6-,7-/m0/s1. The Morgan fingerprint density at radius 2 is 2.50 bits per heavy atom. The highest BCUT2D eigenvalue weighted by atomic mass is 16.3. The highest BCUT2D eigenvalue weighted by Crippen LogP contribution is 2.10. The van der Waals surface area contributed by atoms with Gasteiger partial charge in [0.05, 0.1) is 6.04 Å². The Hall–Kier alpha value is -0.540. The first kappa shape index (κ1) is 7.57. The van der Waals surface area contributed by atoms with Crippen molar-refractivity contribution in [1.29, 1.82) is 0 Å². The Morgan fingerprint density at radius 1 is 1.80 bits per heavy atom. The first-order valence-corrected chi connectivity index (χ1v) is 3.52. The average molecular weight is 142 g/mol. The van der Waals surface area contributed by atoms with Crippen molar-refractivity contribution in [2.45, 2.75) is 18.5 Å². The number of hydrogen-bond acceptors (Lipinski definition) is 3. The molecule has 0 spiro atoms. The van der Waals surface area contributed by atoms with Crippen LogP contribution in [0.2, 0.25) is 0 Å². The predicted molar refractivity (Wildman–Crippen MR) is 41.0 cm³/mol. The van der Waals surface area contributed by atoms with Gasteiger partial charge in [0.25, 0.3) is 0 Å². The number of nitrogens with one attached hydrogen (secondary N) is 2. The minimum absolute atomic E-state index is 0.0949. The van der Waals surface area contributed by atoms with Gasteiger partial charge in [-0.2, -0.15) is 0 Å². The molecule has 0 aromatic heterocycles. The zero-order valence-electron chi connectivity index (χ0n) is 6.22. The van der Waals surface area contributed by atoms with E-state index in [9.17, 15) is 0 Å². The van der Waals surface area contributed by atoms with E-state index < -0.39 is 0 Å². The number of aliphatic hydroxyl groups is 1. The zero-order chi connectivity index (χ0) is 7.56. The molecule has 0 aromatic carbocycles. The van der Waals surface area contributed by atoms with E-state index in [1.807, 2.05) is 7.05 Å². The topological polar surface area (TPSA) is 44.3 Å². The number of likely N-dealkylation sites (N-methyl/N-ethyl adjacent to an activating group) is 1. The van der Waals surface area contributed by atoms with E-state index in [4.69, 9.17) is 5.11 Å². The monoisotopic (exact) mass is 142 g/mol. The lowest BCUT2D eigenvalue weighted by Crippen LogP contribution is -2.27. The summed E-state index contributed by atoms with van der Waals surface area (Å²) in [7, 11) is 1.93. The van der Waals surface area contributed by atoms with Crippen LogP contribution in [0.1, 0.15) is 6.42 Å². The van der Waals surface area contributed by atoms with Gasteiger partial charge in [0.2, 0.25) is 0 Å². The van der Waals surface area contributed by atoms with Crippen LogP contribution in [0.5, 0.6) is 0 Å². The van der Waals surface area contributed by atoms with Gasteiger partial charge < -0.3 is 15.7 Å². The van der Waals surface area contributed by atoms with Gasteiger partial charge in [-0.1, -0.05) is 6.58 Å². The molecule has 0 saturated carbocycles. The van der Waals surface area contributed by atoms with Crippen molar-refractivity contribution in [2.75, 3.05) is 13.6 Å². The second kappa shape index (κ2) is 3.03. The summed E-state index contributed by atoms with van der Waals surface area (Å²) in [5.74, 6) is 0.248. The van der Waals surface area contributed by atoms with E-state index >= 15 is 0 Å². The van der Waals surface area contributed by atoms with Gasteiger partial charge in [0, 0.05) is 12.6 Å². The Labute approximate surface area is 61.1 Å². The van der Waals surface area contributed by atoms with Crippen LogP contribution < -0.4 is 10.6 Å². The molecule has 0 amide bonds. The van der Waals surface area contributed by atoms with Gasteiger partial charge in [-0.15, -0.1) is 0 Å². The SMILES string of the molecule is C=C(O)[C@@H]1C[C@H](NC)CN1. The molecule has 0 bridgehead atoms. The zero-order valence-corrected chi connectivity index (χ0v) is 6.22. The van der Waals surface area contributed by atoms with Crippen LogP contribution in [0.25, 0.3) is 0 Å². The fraction of sp³-hybridized carbons (Fsp3) is 0.714. The first-order valence-electron chi connectivity index (χ1n) is 3.52. The van der Waals surface area contributed by atoms with E-state index in [0.29, 0.717) is 6.04 Å². The van der Waals surface area contributed by atoms with Crippen molar-refractivity contribution in [3.63, 3.8) is 0 Å². The van der Waals surface area contributed by atoms with Crippen molar-refractivity contribution < 1.29 is 5.11 Å². The Balaban J connectivity index is 2.35. The molecule has 3 N–H and O–H groups in total.